The van der Waals surface area contributed by atoms with E-state index in [9.17, 15) is 9.00 Å². The minimum absolute atomic E-state index is 0.0473. The third kappa shape index (κ3) is 4.08. The predicted molar refractivity (Wildman–Crippen MR) is 71.7 cm³/mol. The number of carbonyl (C=O) groups is 1. The van der Waals surface area contributed by atoms with Crippen LogP contribution in [0.25, 0.3) is 0 Å². The number of rotatable bonds is 5. The SMILES string of the molecule is CC(C)C(=O)CS(=O)c1ccc(C(C)C)cc1. The summed E-state index contributed by atoms with van der Waals surface area (Å²) in [5, 5.41) is 0. The highest BCUT2D eigenvalue weighted by molar-refractivity contribution is 7.85. The maximum atomic E-state index is 11.9. The Morgan fingerprint density at radius 1 is 1.12 bits per heavy atom. The molecule has 1 rings (SSSR count). The Morgan fingerprint density at radius 3 is 2.06 bits per heavy atom. The minimum Gasteiger partial charge on any atom is -0.298 e. The van der Waals surface area contributed by atoms with E-state index in [0.29, 0.717) is 5.92 Å². The van der Waals surface area contributed by atoms with Gasteiger partial charge in [0.2, 0.25) is 0 Å². The van der Waals surface area contributed by atoms with Gasteiger partial charge in [-0.25, -0.2) is 0 Å². The second-order valence-corrected chi connectivity index (χ2v) is 6.29. The molecule has 0 fully saturated rings. The van der Waals surface area contributed by atoms with Crippen LogP contribution >= 0.6 is 0 Å². The van der Waals surface area contributed by atoms with Crippen molar-refractivity contribution in [3.8, 4) is 0 Å². The van der Waals surface area contributed by atoms with Gasteiger partial charge in [0, 0.05) is 10.8 Å². The highest BCUT2D eigenvalue weighted by Crippen LogP contribution is 2.16. The van der Waals surface area contributed by atoms with Gasteiger partial charge in [0.25, 0.3) is 0 Å². The average molecular weight is 252 g/mol. The summed E-state index contributed by atoms with van der Waals surface area (Å²) in [4.78, 5) is 12.2. The molecule has 1 unspecified atom stereocenters. The third-order valence-electron chi connectivity index (χ3n) is 2.73. The topological polar surface area (TPSA) is 34.1 Å². The van der Waals surface area contributed by atoms with Crippen LogP contribution in [0, 0.1) is 5.92 Å². The molecule has 0 aliphatic rings. The van der Waals surface area contributed by atoms with E-state index in [1.807, 2.05) is 38.1 Å². The van der Waals surface area contributed by atoms with Crippen molar-refractivity contribution >= 4 is 16.6 Å². The molecule has 0 aliphatic heterocycles. The van der Waals surface area contributed by atoms with E-state index in [1.165, 1.54) is 5.56 Å². The van der Waals surface area contributed by atoms with Crippen molar-refractivity contribution < 1.29 is 9.00 Å². The molecule has 3 heteroatoms. The van der Waals surface area contributed by atoms with Crippen LogP contribution in [0.2, 0.25) is 0 Å². The van der Waals surface area contributed by atoms with Crippen LogP contribution in [0.3, 0.4) is 0 Å². The molecule has 0 heterocycles. The van der Waals surface area contributed by atoms with Gasteiger partial charge in [0.15, 0.2) is 0 Å². The largest absolute Gasteiger partial charge is 0.298 e. The quantitative estimate of drug-likeness (QED) is 0.806. The van der Waals surface area contributed by atoms with Gasteiger partial charge >= 0.3 is 0 Å². The lowest BCUT2D eigenvalue weighted by Crippen LogP contribution is -2.16. The summed E-state index contributed by atoms with van der Waals surface area (Å²) in [6.45, 7) is 7.91. The number of carbonyl (C=O) groups excluding carboxylic acids is 1. The zero-order valence-corrected chi connectivity index (χ0v) is 11.7. The predicted octanol–water partition coefficient (Wildman–Crippen LogP) is 3.14. The normalized spacial score (nSPS) is 13.1. The summed E-state index contributed by atoms with van der Waals surface area (Å²) in [5.74, 6) is 0.596. The van der Waals surface area contributed by atoms with Crippen molar-refractivity contribution in [2.75, 3.05) is 5.75 Å². The molecule has 0 saturated heterocycles. The summed E-state index contributed by atoms with van der Waals surface area (Å²) in [6, 6.07) is 7.69. The fourth-order valence-electron chi connectivity index (χ4n) is 1.38. The van der Waals surface area contributed by atoms with Crippen molar-refractivity contribution in [2.24, 2.45) is 5.92 Å². The van der Waals surface area contributed by atoms with Crippen molar-refractivity contribution in [1.82, 2.24) is 0 Å². The Balaban J connectivity index is 2.73. The molecule has 0 aromatic heterocycles. The molecule has 0 amide bonds. The molecule has 0 aliphatic carbocycles. The first kappa shape index (κ1) is 14.1. The van der Waals surface area contributed by atoms with Crippen molar-refractivity contribution in [3.05, 3.63) is 29.8 Å². The smallest absolute Gasteiger partial charge is 0.148 e. The van der Waals surface area contributed by atoms with Crippen LogP contribution in [-0.4, -0.2) is 15.7 Å². The zero-order valence-electron chi connectivity index (χ0n) is 10.9. The van der Waals surface area contributed by atoms with Crippen molar-refractivity contribution in [2.45, 2.75) is 38.5 Å². The molecule has 0 bridgehead atoms. The zero-order chi connectivity index (χ0) is 13.0. The third-order valence-corrected chi connectivity index (χ3v) is 4.07. The molecular formula is C14H20O2S. The van der Waals surface area contributed by atoms with Gasteiger partial charge in [-0.1, -0.05) is 39.8 Å². The lowest BCUT2D eigenvalue weighted by Gasteiger charge is -2.07. The number of benzene rings is 1. The highest BCUT2D eigenvalue weighted by Gasteiger charge is 2.13. The molecule has 2 nitrogen and oxygen atoms in total. The van der Waals surface area contributed by atoms with Crippen LogP contribution < -0.4 is 0 Å². The van der Waals surface area contributed by atoms with E-state index in [-0.39, 0.29) is 17.5 Å². The molecule has 0 N–H and O–H groups in total. The standard InChI is InChI=1S/C14H20O2S/c1-10(2)12-5-7-13(8-6-12)17(16)9-14(15)11(3)4/h5-8,10-11H,9H2,1-4H3. The van der Waals surface area contributed by atoms with Crippen molar-refractivity contribution in [1.29, 1.82) is 0 Å². The van der Waals surface area contributed by atoms with Gasteiger partial charge in [-0.3, -0.25) is 9.00 Å². The van der Waals surface area contributed by atoms with E-state index in [0.717, 1.165) is 4.90 Å². The van der Waals surface area contributed by atoms with Gasteiger partial charge in [0.1, 0.15) is 5.78 Å². The van der Waals surface area contributed by atoms with E-state index in [1.54, 1.807) is 0 Å². The van der Waals surface area contributed by atoms with Crippen LogP contribution in [0.4, 0.5) is 0 Å². The number of hydrogen-bond donors (Lipinski definition) is 0. The molecular weight excluding hydrogens is 232 g/mol. The van der Waals surface area contributed by atoms with Crippen LogP contribution in [-0.2, 0) is 15.6 Å². The minimum atomic E-state index is -1.21. The van der Waals surface area contributed by atoms with Crippen LogP contribution in [0.1, 0.15) is 39.2 Å². The van der Waals surface area contributed by atoms with E-state index >= 15 is 0 Å². The van der Waals surface area contributed by atoms with Gasteiger partial charge in [-0.2, -0.15) is 0 Å². The monoisotopic (exact) mass is 252 g/mol. The van der Waals surface area contributed by atoms with Gasteiger partial charge < -0.3 is 0 Å². The summed E-state index contributed by atoms with van der Waals surface area (Å²) in [7, 11) is -1.21. The van der Waals surface area contributed by atoms with Gasteiger partial charge in [-0.05, 0) is 23.6 Å². The second-order valence-electron chi connectivity index (χ2n) is 4.83. The maximum absolute atomic E-state index is 11.9. The molecule has 0 saturated carbocycles. The molecule has 1 aromatic carbocycles. The Labute approximate surface area is 106 Å². The van der Waals surface area contributed by atoms with E-state index < -0.39 is 10.8 Å². The Bertz CT molecular complexity index is 405. The summed E-state index contributed by atoms with van der Waals surface area (Å²) >= 11 is 0. The number of ketones is 1. The van der Waals surface area contributed by atoms with Gasteiger partial charge in [0.05, 0.1) is 16.6 Å². The molecule has 0 radical (unpaired) electrons. The van der Waals surface area contributed by atoms with Crippen molar-refractivity contribution in [3.63, 3.8) is 0 Å². The Morgan fingerprint density at radius 2 is 1.65 bits per heavy atom. The Hall–Kier alpha value is -0.960. The number of hydrogen-bond acceptors (Lipinski definition) is 2. The van der Waals surface area contributed by atoms with Gasteiger partial charge in [-0.15, -0.1) is 0 Å². The molecule has 94 valence electrons. The summed E-state index contributed by atoms with van der Waals surface area (Å²) in [6.07, 6.45) is 0. The molecule has 1 atom stereocenters. The Kier molecular flexibility index (Phi) is 5.06. The molecule has 1 aromatic rings. The highest BCUT2D eigenvalue weighted by atomic mass is 32.2. The first-order valence-corrected chi connectivity index (χ1v) is 7.24. The van der Waals surface area contributed by atoms with E-state index in [2.05, 4.69) is 13.8 Å². The fraction of sp³-hybridized carbons (Fsp3) is 0.500. The molecule has 17 heavy (non-hydrogen) atoms. The molecule has 0 spiro atoms. The summed E-state index contributed by atoms with van der Waals surface area (Å²) < 4.78 is 11.9. The fourth-order valence-corrected chi connectivity index (χ4v) is 2.58. The number of Topliss-reactive ketones (excluding diaryl/α,β-unsaturated/α-hetero) is 1. The second kappa shape index (κ2) is 6.10. The summed E-state index contributed by atoms with van der Waals surface area (Å²) in [5.41, 5.74) is 1.22. The first-order chi connectivity index (χ1) is 7.91. The van der Waals surface area contributed by atoms with E-state index in [4.69, 9.17) is 0 Å². The maximum Gasteiger partial charge on any atom is 0.148 e. The lowest BCUT2D eigenvalue weighted by atomic mass is 10.0. The lowest BCUT2D eigenvalue weighted by molar-refractivity contribution is -0.119. The van der Waals surface area contributed by atoms with Crippen LogP contribution in [0.15, 0.2) is 29.2 Å². The average Bonchev–Trinajstić information content (AvgIpc) is 2.28. The van der Waals surface area contributed by atoms with Crippen LogP contribution in [0.5, 0.6) is 0 Å². The first-order valence-electron chi connectivity index (χ1n) is 5.93.